The van der Waals surface area contributed by atoms with Crippen LogP contribution >= 0.6 is 0 Å². The largest absolute Gasteiger partial charge is 0.465 e. The summed E-state index contributed by atoms with van der Waals surface area (Å²) in [5, 5.41) is 0. The van der Waals surface area contributed by atoms with Gasteiger partial charge in [0.1, 0.15) is 11.5 Å². The summed E-state index contributed by atoms with van der Waals surface area (Å²) >= 11 is 0. The van der Waals surface area contributed by atoms with E-state index in [4.69, 9.17) is 14.9 Å². The van der Waals surface area contributed by atoms with Crippen molar-refractivity contribution in [2.75, 3.05) is 27.3 Å². The van der Waals surface area contributed by atoms with Crippen molar-refractivity contribution < 1.29 is 9.15 Å². The lowest BCUT2D eigenvalue weighted by molar-refractivity contribution is 0.178. The van der Waals surface area contributed by atoms with Crippen LogP contribution in [0.2, 0.25) is 0 Å². The van der Waals surface area contributed by atoms with Crippen LogP contribution in [0.3, 0.4) is 0 Å². The van der Waals surface area contributed by atoms with Crippen molar-refractivity contribution in [3.05, 3.63) is 23.2 Å². The van der Waals surface area contributed by atoms with Crippen molar-refractivity contribution in [2.24, 2.45) is 5.73 Å². The van der Waals surface area contributed by atoms with Gasteiger partial charge < -0.3 is 19.8 Å². The van der Waals surface area contributed by atoms with E-state index in [0.29, 0.717) is 6.54 Å². The highest BCUT2D eigenvalue weighted by atomic mass is 16.5. The summed E-state index contributed by atoms with van der Waals surface area (Å²) in [7, 11) is 3.83. The van der Waals surface area contributed by atoms with Gasteiger partial charge >= 0.3 is 0 Å². The molecule has 0 saturated heterocycles. The zero-order valence-corrected chi connectivity index (χ0v) is 10.5. The highest BCUT2D eigenvalue weighted by Crippen LogP contribution is 2.15. The van der Waals surface area contributed by atoms with Crippen LogP contribution in [0.1, 0.15) is 23.5 Å². The third kappa shape index (κ3) is 3.96. The minimum absolute atomic E-state index is 0.466. The molecule has 0 amide bonds. The first-order chi connectivity index (χ1) is 7.67. The Bertz CT molecular complexity index is 310. The van der Waals surface area contributed by atoms with Crippen molar-refractivity contribution in [3.63, 3.8) is 0 Å². The molecule has 0 fully saturated rings. The zero-order chi connectivity index (χ0) is 12.0. The van der Waals surface area contributed by atoms with Crippen molar-refractivity contribution >= 4 is 0 Å². The van der Waals surface area contributed by atoms with Crippen LogP contribution in [0.5, 0.6) is 0 Å². The fourth-order valence-electron chi connectivity index (χ4n) is 1.69. The highest BCUT2D eigenvalue weighted by Gasteiger charge is 2.08. The molecule has 0 aromatic carbocycles. The second-order valence-corrected chi connectivity index (χ2v) is 4.08. The molecule has 0 unspecified atom stereocenters. The molecule has 0 aliphatic rings. The monoisotopic (exact) mass is 226 g/mol. The molecule has 1 aromatic rings. The lowest BCUT2D eigenvalue weighted by atomic mass is 10.2. The molecule has 0 radical (unpaired) electrons. The Labute approximate surface area is 97.4 Å². The van der Waals surface area contributed by atoms with E-state index in [9.17, 15) is 0 Å². The predicted octanol–water partition coefficient (Wildman–Crippen LogP) is 1.52. The van der Waals surface area contributed by atoms with Gasteiger partial charge in [-0.2, -0.15) is 0 Å². The standard InChI is InChI=1S/C12H22N2O2/c1-10-11(7-12(8-13)16-10)9-14(2)5-4-6-15-3/h7H,4-6,8-9,13H2,1-3H3. The summed E-state index contributed by atoms with van der Waals surface area (Å²) in [5.74, 6) is 1.83. The Hall–Kier alpha value is -0.840. The van der Waals surface area contributed by atoms with Gasteiger partial charge in [-0.1, -0.05) is 0 Å². The van der Waals surface area contributed by atoms with E-state index in [2.05, 4.69) is 11.9 Å². The molecule has 4 heteroatoms. The maximum absolute atomic E-state index is 5.54. The molecule has 92 valence electrons. The van der Waals surface area contributed by atoms with Crippen molar-refractivity contribution in [1.82, 2.24) is 4.90 Å². The first kappa shape index (κ1) is 13.2. The number of nitrogens with zero attached hydrogens (tertiary/aromatic N) is 1. The van der Waals surface area contributed by atoms with Crippen LogP contribution < -0.4 is 5.73 Å². The van der Waals surface area contributed by atoms with Crippen LogP contribution in [0.15, 0.2) is 10.5 Å². The molecule has 0 bridgehead atoms. The summed E-state index contributed by atoms with van der Waals surface area (Å²) < 4.78 is 10.5. The van der Waals surface area contributed by atoms with Gasteiger partial charge in [-0.05, 0) is 26.5 Å². The van der Waals surface area contributed by atoms with E-state index in [-0.39, 0.29) is 0 Å². The van der Waals surface area contributed by atoms with E-state index in [0.717, 1.165) is 37.6 Å². The number of nitrogens with two attached hydrogens (primary N) is 1. The summed E-state index contributed by atoms with van der Waals surface area (Å²) in [6.07, 6.45) is 1.05. The molecular formula is C12H22N2O2. The van der Waals surface area contributed by atoms with Crippen LogP contribution in [0.25, 0.3) is 0 Å². The van der Waals surface area contributed by atoms with E-state index < -0.39 is 0 Å². The lowest BCUT2D eigenvalue weighted by Gasteiger charge is -2.15. The number of ether oxygens (including phenoxy) is 1. The molecule has 1 heterocycles. The molecule has 0 saturated carbocycles. The normalized spacial score (nSPS) is 11.3. The fourth-order valence-corrected chi connectivity index (χ4v) is 1.69. The number of aryl methyl sites for hydroxylation is 1. The van der Waals surface area contributed by atoms with Gasteiger partial charge in [0.2, 0.25) is 0 Å². The van der Waals surface area contributed by atoms with Crippen LogP contribution in [0, 0.1) is 6.92 Å². The van der Waals surface area contributed by atoms with Crippen molar-refractivity contribution in [2.45, 2.75) is 26.4 Å². The molecule has 16 heavy (non-hydrogen) atoms. The van der Waals surface area contributed by atoms with Gasteiger partial charge in [0.05, 0.1) is 6.54 Å². The van der Waals surface area contributed by atoms with Crippen LogP contribution in [-0.4, -0.2) is 32.2 Å². The van der Waals surface area contributed by atoms with Gasteiger partial charge in [-0.25, -0.2) is 0 Å². The SMILES string of the molecule is COCCCN(C)Cc1cc(CN)oc1C. The Morgan fingerprint density at radius 2 is 2.25 bits per heavy atom. The number of rotatable bonds is 7. The molecule has 0 aliphatic heterocycles. The zero-order valence-electron chi connectivity index (χ0n) is 10.5. The summed E-state index contributed by atoms with van der Waals surface area (Å²) in [4.78, 5) is 2.26. The number of furan rings is 1. The first-order valence-electron chi connectivity index (χ1n) is 5.63. The fraction of sp³-hybridized carbons (Fsp3) is 0.667. The van der Waals surface area contributed by atoms with Crippen LogP contribution in [0.4, 0.5) is 0 Å². The number of hydrogen-bond donors (Lipinski definition) is 1. The van der Waals surface area contributed by atoms with E-state index in [1.807, 2.05) is 13.0 Å². The smallest absolute Gasteiger partial charge is 0.118 e. The highest BCUT2D eigenvalue weighted by molar-refractivity contribution is 5.20. The molecule has 1 rings (SSSR count). The minimum Gasteiger partial charge on any atom is -0.465 e. The molecule has 0 spiro atoms. The van der Waals surface area contributed by atoms with Crippen molar-refractivity contribution in [1.29, 1.82) is 0 Å². The number of methoxy groups -OCH3 is 1. The average molecular weight is 226 g/mol. The van der Waals surface area contributed by atoms with Gasteiger partial charge in [0.25, 0.3) is 0 Å². The minimum atomic E-state index is 0.466. The average Bonchev–Trinajstić information content (AvgIpc) is 2.60. The molecule has 0 atom stereocenters. The van der Waals surface area contributed by atoms with Crippen LogP contribution in [-0.2, 0) is 17.8 Å². The Kier molecular flexibility index (Phi) is 5.52. The maximum Gasteiger partial charge on any atom is 0.118 e. The Balaban J connectivity index is 2.42. The molecule has 4 nitrogen and oxygen atoms in total. The second-order valence-electron chi connectivity index (χ2n) is 4.08. The third-order valence-corrected chi connectivity index (χ3v) is 2.60. The van der Waals surface area contributed by atoms with Gasteiger partial charge in [-0.15, -0.1) is 0 Å². The molecule has 2 N–H and O–H groups in total. The predicted molar refractivity (Wildman–Crippen MR) is 64.2 cm³/mol. The lowest BCUT2D eigenvalue weighted by Crippen LogP contribution is -2.20. The second kappa shape index (κ2) is 6.68. The first-order valence-corrected chi connectivity index (χ1v) is 5.63. The van der Waals surface area contributed by atoms with Crippen molar-refractivity contribution in [3.8, 4) is 0 Å². The van der Waals surface area contributed by atoms with Gasteiger partial charge in [0.15, 0.2) is 0 Å². The quantitative estimate of drug-likeness (QED) is 0.716. The molecule has 1 aromatic heterocycles. The molecule has 0 aliphatic carbocycles. The third-order valence-electron chi connectivity index (χ3n) is 2.60. The van der Waals surface area contributed by atoms with E-state index >= 15 is 0 Å². The topological polar surface area (TPSA) is 51.6 Å². The summed E-state index contributed by atoms with van der Waals surface area (Å²) in [5.41, 5.74) is 6.76. The Morgan fingerprint density at radius 3 is 2.81 bits per heavy atom. The van der Waals surface area contributed by atoms with Gasteiger partial charge in [-0.3, -0.25) is 0 Å². The van der Waals surface area contributed by atoms with Gasteiger partial charge in [0, 0.05) is 32.4 Å². The summed E-state index contributed by atoms with van der Waals surface area (Å²) in [6, 6.07) is 2.04. The maximum atomic E-state index is 5.54. The Morgan fingerprint density at radius 1 is 1.50 bits per heavy atom. The van der Waals surface area contributed by atoms with E-state index in [1.54, 1.807) is 7.11 Å². The van der Waals surface area contributed by atoms with E-state index in [1.165, 1.54) is 5.56 Å². The summed E-state index contributed by atoms with van der Waals surface area (Å²) in [6.45, 7) is 5.18. The molecular weight excluding hydrogens is 204 g/mol. The number of hydrogen-bond acceptors (Lipinski definition) is 4.